The first-order chi connectivity index (χ1) is 18.0. The molecule has 0 aliphatic heterocycles. The molecule has 2 aromatic carbocycles. The Morgan fingerprint density at radius 2 is 2.00 bits per heavy atom. The number of benzene rings is 2. The number of pyridine rings is 1. The lowest BCUT2D eigenvalue weighted by Crippen LogP contribution is -2.33. The number of amides is 1. The fourth-order valence-electron chi connectivity index (χ4n) is 4.59. The van der Waals surface area contributed by atoms with Crippen molar-refractivity contribution in [2.45, 2.75) is 31.8 Å². The Kier molecular flexibility index (Phi) is 7.58. The fourth-order valence-corrected chi connectivity index (χ4v) is 5.09. The molecule has 8 heteroatoms. The molecule has 0 fully saturated rings. The molecule has 0 spiro atoms. The Balaban J connectivity index is 1.41. The van der Waals surface area contributed by atoms with E-state index in [-0.39, 0.29) is 18.5 Å². The van der Waals surface area contributed by atoms with Crippen LogP contribution in [0.5, 0.6) is 5.75 Å². The summed E-state index contributed by atoms with van der Waals surface area (Å²) >= 11 is 12.6. The zero-order chi connectivity index (χ0) is 25.8. The first-order valence-electron chi connectivity index (χ1n) is 12.1. The van der Waals surface area contributed by atoms with Crippen LogP contribution in [0.1, 0.15) is 41.4 Å². The minimum atomic E-state index is -0.0834. The van der Waals surface area contributed by atoms with Gasteiger partial charge in [0.2, 0.25) is 5.91 Å². The van der Waals surface area contributed by atoms with Gasteiger partial charge in [-0.1, -0.05) is 41.4 Å². The Labute approximate surface area is 225 Å². The lowest BCUT2D eigenvalue weighted by Gasteiger charge is -2.26. The highest BCUT2D eigenvalue weighted by atomic mass is 35.5. The van der Waals surface area contributed by atoms with Crippen molar-refractivity contribution < 1.29 is 9.53 Å². The summed E-state index contributed by atoms with van der Waals surface area (Å²) in [4.78, 5) is 22.2. The predicted octanol–water partition coefficient (Wildman–Crippen LogP) is 6.62. The van der Waals surface area contributed by atoms with Crippen LogP contribution in [0.4, 0.5) is 0 Å². The fraction of sp³-hybridized carbons (Fsp3) is 0.207. The molecule has 2 heterocycles. The number of fused-ring (bicyclic) bond motifs is 1. The van der Waals surface area contributed by atoms with Crippen LogP contribution in [0.2, 0.25) is 10.0 Å². The van der Waals surface area contributed by atoms with Crippen LogP contribution in [0.25, 0.3) is 23.4 Å². The van der Waals surface area contributed by atoms with E-state index in [9.17, 15) is 4.79 Å². The summed E-state index contributed by atoms with van der Waals surface area (Å²) < 4.78 is 7.08. The minimum Gasteiger partial charge on any atom is -0.497 e. The topological polar surface area (TPSA) is 69.0 Å². The zero-order valence-corrected chi connectivity index (χ0v) is 21.8. The first kappa shape index (κ1) is 25.1. The van der Waals surface area contributed by atoms with E-state index in [4.69, 9.17) is 32.9 Å². The Hall–Kier alpha value is -3.61. The van der Waals surface area contributed by atoms with Crippen LogP contribution in [0.3, 0.4) is 0 Å². The number of aromatic nitrogens is 3. The lowest BCUT2D eigenvalue weighted by molar-refractivity contribution is -0.122. The standard InChI is InChI=1S/C29H26Cl2N4O2/c1-37-22-9-5-19(6-10-22)7-12-28-33-27(24-11-8-21(30)15-25(24)31)17-35(28)18-29(36)34-26-4-2-3-20-16-32-14-13-23(20)26/h5-17,26H,2-4,18H2,1H3,(H,34,36)/b12-7+/t26-/m1/s1. The van der Waals surface area contributed by atoms with Gasteiger partial charge in [-0.3, -0.25) is 9.78 Å². The molecule has 5 rings (SSSR count). The molecule has 1 aliphatic carbocycles. The maximum absolute atomic E-state index is 13.2. The van der Waals surface area contributed by atoms with Gasteiger partial charge in [0.15, 0.2) is 0 Å². The second-order valence-electron chi connectivity index (χ2n) is 8.93. The molecule has 1 atom stereocenters. The molecule has 1 N–H and O–H groups in total. The molecule has 0 saturated heterocycles. The Morgan fingerprint density at radius 3 is 2.78 bits per heavy atom. The molecule has 0 saturated carbocycles. The number of methoxy groups -OCH3 is 1. The van der Waals surface area contributed by atoms with Crippen LogP contribution in [-0.2, 0) is 17.8 Å². The average molecular weight is 533 g/mol. The van der Waals surface area contributed by atoms with Crippen molar-refractivity contribution >= 4 is 41.3 Å². The van der Waals surface area contributed by atoms with Crippen molar-refractivity contribution in [3.8, 4) is 17.0 Å². The van der Waals surface area contributed by atoms with Crippen molar-refractivity contribution in [3.05, 3.63) is 99.7 Å². The molecule has 0 radical (unpaired) electrons. The number of nitrogens with zero attached hydrogens (tertiary/aromatic N) is 3. The SMILES string of the molecule is COc1ccc(/C=C/c2nc(-c3ccc(Cl)cc3Cl)cn2CC(=O)N[C@@H]2CCCc3cnccc32)cc1. The Bertz CT molecular complexity index is 1450. The molecule has 37 heavy (non-hydrogen) atoms. The third-order valence-corrected chi connectivity index (χ3v) is 7.01. The van der Waals surface area contributed by atoms with E-state index in [1.165, 1.54) is 5.56 Å². The third-order valence-electron chi connectivity index (χ3n) is 6.46. The number of hydrogen-bond donors (Lipinski definition) is 1. The highest BCUT2D eigenvalue weighted by Gasteiger charge is 2.22. The zero-order valence-electron chi connectivity index (χ0n) is 20.3. The van der Waals surface area contributed by atoms with Gasteiger partial charge < -0.3 is 14.6 Å². The minimum absolute atomic E-state index is 0.0220. The monoisotopic (exact) mass is 532 g/mol. The number of nitrogens with one attached hydrogen (secondary N) is 1. The van der Waals surface area contributed by atoms with Crippen molar-refractivity contribution in [1.29, 1.82) is 0 Å². The molecular weight excluding hydrogens is 507 g/mol. The quantitative estimate of drug-likeness (QED) is 0.290. The van der Waals surface area contributed by atoms with E-state index < -0.39 is 0 Å². The number of rotatable bonds is 7. The molecular formula is C29H26Cl2N4O2. The van der Waals surface area contributed by atoms with Gasteiger partial charge in [-0.05, 0) is 78.4 Å². The summed E-state index contributed by atoms with van der Waals surface area (Å²) in [6, 6.07) is 15.0. The smallest absolute Gasteiger partial charge is 0.240 e. The summed E-state index contributed by atoms with van der Waals surface area (Å²) in [6.45, 7) is 0.122. The third kappa shape index (κ3) is 5.87. The van der Waals surface area contributed by atoms with Gasteiger partial charge in [0.05, 0.1) is 23.9 Å². The van der Waals surface area contributed by atoms with Crippen molar-refractivity contribution in [2.75, 3.05) is 7.11 Å². The van der Waals surface area contributed by atoms with Crippen molar-refractivity contribution in [2.24, 2.45) is 0 Å². The molecule has 1 amide bonds. The second kappa shape index (κ2) is 11.2. The lowest BCUT2D eigenvalue weighted by atomic mass is 9.89. The summed E-state index contributed by atoms with van der Waals surface area (Å²) in [5.74, 6) is 1.34. The molecule has 4 aromatic rings. The maximum atomic E-state index is 13.2. The largest absolute Gasteiger partial charge is 0.497 e. The summed E-state index contributed by atoms with van der Waals surface area (Å²) in [5, 5.41) is 4.26. The number of aryl methyl sites for hydroxylation is 1. The summed E-state index contributed by atoms with van der Waals surface area (Å²) in [7, 11) is 1.64. The van der Waals surface area contributed by atoms with Gasteiger partial charge in [-0.25, -0.2) is 4.98 Å². The van der Waals surface area contributed by atoms with E-state index in [2.05, 4.69) is 10.3 Å². The summed E-state index contributed by atoms with van der Waals surface area (Å²) in [5.41, 5.74) is 4.74. The number of carbonyl (C=O) groups excluding carboxylic acids is 1. The van der Waals surface area contributed by atoms with E-state index in [1.54, 1.807) is 25.4 Å². The number of ether oxygens (including phenoxy) is 1. The maximum Gasteiger partial charge on any atom is 0.240 e. The highest BCUT2D eigenvalue weighted by Crippen LogP contribution is 2.31. The van der Waals surface area contributed by atoms with E-state index in [0.717, 1.165) is 41.7 Å². The summed E-state index contributed by atoms with van der Waals surface area (Å²) in [6.07, 6.45) is 12.3. The van der Waals surface area contributed by atoms with Crippen LogP contribution in [0.15, 0.2) is 67.1 Å². The van der Waals surface area contributed by atoms with Crippen molar-refractivity contribution in [1.82, 2.24) is 19.9 Å². The van der Waals surface area contributed by atoms with Gasteiger partial charge >= 0.3 is 0 Å². The molecule has 6 nitrogen and oxygen atoms in total. The normalized spacial score (nSPS) is 14.9. The van der Waals surface area contributed by atoms with Crippen LogP contribution >= 0.6 is 23.2 Å². The van der Waals surface area contributed by atoms with E-state index >= 15 is 0 Å². The van der Waals surface area contributed by atoms with Crippen LogP contribution < -0.4 is 10.1 Å². The van der Waals surface area contributed by atoms with Gasteiger partial charge in [0.1, 0.15) is 18.1 Å². The van der Waals surface area contributed by atoms with E-state index in [1.807, 2.05) is 65.5 Å². The van der Waals surface area contributed by atoms with Gasteiger partial charge in [0, 0.05) is 29.2 Å². The van der Waals surface area contributed by atoms with Crippen LogP contribution in [0, 0.1) is 0 Å². The number of imidazole rings is 1. The Morgan fingerprint density at radius 1 is 1.16 bits per heavy atom. The number of hydrogen-bond acceptors (Lipinski definition) is 4. The molecule has 0 bridgehead atoms. The second-order valence-corrected chi connectivity index (χ2v) is 9.77. The highest BCUT2D eigenvalue weighted by molar-refractivity contribution is 6.36. The number of carbonyl (C=O) groups is 1. The van der Waals surface area contributed by atoms with Gasteiger partial charge in [-0.15, -0.1) is 0 Å². The first-order valence-corrected chi connectivity index (χ1v) is 12.8. The molecule has 188 valence electrons. The number of halogens is 2. The molecule has 2 aromatic heterocycles. The van der Waals surface area contributed by atoms with Crippen molar-refractivity contribution in [3.63, 3.8) is 0 Å². The van der Waals surface area contributed by atoms with E-state index in [0.29, 0.717) is 21.6 Å². The molecule has 1 aliphatic rings. The van der Waals surface area contributed by atoms with Crippen LogP contribution in [-0.4, -0.2) is 27.6 Å². The predicted molar refractivity (Wildman–Crippen MR) is 148 cm³/mol. The van der Waals surface area contributed by atoms with Gasteiger partial charge in [0.25, 0.3) is 0 Å². The average Bonchev–Trinajstić information content (AvgIpc) is 3.29. The molecule has 0 unspecified atom stereocenters. The van der Waals surface area contributed by atoms with Gasteiger partial charge in [-0.2, -0.15) is 0 Å².